The lowest BCUT2D eigenvalue weighted by atomic mass is 10.1. The van der Waals surface area contributed by atoms with Crippen LogP contribution in [0.2, 0.25) is 0 Å². The molecule has 2 fully saturated rings. The molecule has 1 amide bonds. The molecule has 2 aromatic rings. The topological polar surface area (TPSA) is 109 Å². The number of hydrogen-bond donors (Lipinski definition) is 2. The van der Waals surface area contributed by atoms with Gasteiger partial charge in [-0.3, -0.25) is 9.98 Å². The molecule has 3 N–H and O–H groups in total. The van der Waals surface area contributed by atoms with E-state index in [2.05, 4.69) is 21.3 Å². The van der Waals surface area contributed by atoms with E-state index in [0.29, 0.717) is 37.9 Å². The second-order valence-corrected chi connectivity index (χ2v) is 9.74. The van der Waals surface area contributed by atoms with Gasteiger partial charge in [-0.2, -0.15) is 0 Å². The molecular formula is C25H35N7O2. The third-order valence-electron chi connectivity index (χ3n) is 6.03. The van der Waals surface area contributed by atoms with Gasteiger partial charge in [-0.1, -0.05) is 6.07 Å². The molecule has 2 aliphatic rings. The van der Waals surface area contributed by atoms with Gasteiger partial charge in [0.25, 0.3) is 0 Å². The lowest BCUT2D eigenvalue weighted by Crippen LogP contribution is -2.50. The van der Waals surface area contributed by atoms with Gasteiger partial charge in [0, 0.05) is 44.2 Å². The molecule has 2 aliphatic heterocycles. The minimum Gasteiger partial charge on any atom is -0.444 e. The normalized spacial score (nSPS) is 18.6. The predicted octanol–water partition coefficient (Wildman–Crippen LogP) is 2.81. The van der Waals surface area contributed by atoms with E-state index in [4.69, 9.17) is 20.4 Å². The first kappa shape index (κ1) is 23.9. The van der Waals surface area contributed by atoms with Gasteiger partial charge >= 0.3 is 6.09 Å². The van der Waals surface area contributed by atoms with Crippen molar-refractivity contribution in [2.24, 2.45) is 10.7 Å². The number of piperidine rings is 1. The van der Waals surface area contributed by atoms with Crippen molar-refractivity contribution in [3.63, 3.8) is 0 Å². The molecule has 0 saturated carbocycles. The number of aliphatic imine (C=N–C) groups is 1. The number of benzene rings is 1. The Morgan fingerprint density at radius 3 is 2.62 bits per heavy atom. The van der Waals surface area contributed by atoms with Crippen molar-refractivity contribution in [2.75, 3.05) is 44.2 Å². The van der Waals surface area contributed by atoms with E-state index in [-0.39, 0.29) is 6.09 Å². The number of carbonyl (C=O) groups is 1. The van der Waals surface area contributed by atoms with Gasteiger partial charge in [0.15, 0.2) is 0 Å². The van der Waals surface area contributed by atoms with E-state index in [9.17, 15) is 4.79 Å². The standard InChI is InChI=1S/C25H35N7O2/c1-25(2,3)34-24(33)32-13-11-31(12-14-32)22-6-4-5-20-23(22)30-21(17-29-20)18(15-26)16-28-19-7-9-27-10-8-19/h4-6,15-17,19,27H,7-14,26H2,1-3H3. The number of nitrogens with zero attached hydrogens (tertiary/aromatic N) is 5. The fourth-order valence-corrected chi connectivity index (χ4v) is 4.20. The minimum atomic E-state index is -0.499. The molecular weight excluding hydrogens is 430 g/mol. The third-order valence-corrected chi connectivity index (χ3v) is 6.03. The average molecular weight is 466 g/mol. The first-order valence-corrected chi connectivity index (χ1v) is 12.0. The Balaban J connectivity index is 1.51. The van der Waals surface area contributed by atoms with Crippen LogP contribution < -0.4 is 16.0 Å². The molecule has 0 aliphatic carbocycles. The summed E-state index contributed by atoms with van der Waals surface area (Å²) in [6, 6.07) is 6.31. The molecule has 3 heterocycles. The first-order valence-electron chi connectivity index (χ1n) is 12.0. The third kappa shape index (κ3) is 5.83. The molecule has 0 spiro atoms. The Labute approximate surface area is 201 Å². The number of rotatable bonds is 4. The van der Waals surface area contributed by atoms with Crippen molar-refractivity contribution < 1.29 is 9.53 Å². The van der Waals surface area contributed by atoms with Crippen LogP contribution >= 0.6 is 0 Å². The number of hydrogen-bond acceptors (Lipinski definition) is 8. The van der Waals surface area contributed by atoms with E-state index in [1.165, 1.54) is 0 Å². The molecule has 34 heavy (non-hydrogen) atoms. The smallest absolute Gasteiger partial charge is 0.410 e. The highest BCUT2D eigenvalue weighted by atomic mass is 16.6. The van der Waals surface area contributed by atoms with Crippen LogP contribution in [0.4, 0.5) is 10.5 Å². The summed E-state index contributed by atoms with van der Waals surface area (Å²) in [6.45, 7) is 10.2. The van der Waals surface area contributed by atoms with Gasteiger partial charge in [-0.25, -0.2) is 9.78 Å². The zero-order valence-electron chi connectivity index (χ0n) is 20.3. The van der Waals surface area contributed by atoms with Crippen LogP contribution in [0.15, 0.2) is 35.6 Å². The number of nitrogens with two attached hydrogens (primary N) is 1. The molecule has 0 unspecified atom stereocenters. The zero-order valence-corrected chi connectivity index (χ0v) is 20.3. The molecule has 1 aromatic carbocycles. The van der Waals surface area contributed by atoms with Gasteiger partial charge in [0.1, 0.15) is 11.1 Å². The molecule has 2 saturated heterocycles. The lowest BCUT2D eigenvalue weighted by molar-refractivity contribution is 0.0240. The van der Waals surface area contributed by atoms with Gasteiger partial charge in [0.05, 0.1) is 29.1 Å². The maximum atomic E-state index is 12.4. The number of nitrogens with one attached hydrogen (secondary N) is 1. The Morgan fingerprint density at radius 2 is 1.94 bits per heavy atom. The SMILES string of the molecule is CC(C)(C)OC(=O)N1CCN(c2cccc3ncc(C(C=NC4CCNCC4)=CN)nc23)CC1. The largest absolute Gasteiger partial charge is 0.444 e. The Hall–Kier alpha value is -3.20. The fourth-order valence-electron chi connectivity index (χ4n) is 4.20. The van der Waals surface area contributed by atoms with Crippen molar-refractivity contribution in [2.45, 2.75) is 45.3 Å². The van der Waals surface area contributed by atoms with Crippen molar-refractivity contribution in [3.05, 3.63) is 36.3 Å². The van der Waals surface area contributed by atoms with E-state index < -0.39 is 5.60 Å². The Morgan fingerprint density at radius 1 is 1.21 bits per heavy atom. The zero-order chi connectivity index (χ0) is 24.1. The highest BCUT2D eigenvalue weighted by molar-refractivity contribution is 6.09. The fraction of sp³-hybridized carbons (Fsp3) is 0.520. The van der Waals surface area contributed by atoms with Crippen molar-refractivity contribution >= 4 is 34.6 Å². The summed E-state index contributed by atoms with van der Waals surface area (Å²) in [5.74, 6) is 0. The van der Waals surface area contributed by atoms with Crippen LogP contribution in [0.1, 0.15) is 39.3 Å². The predicted molar refractivity (Wildman–Crippen MR) is 136 cm³/mol. The van der Waals surface area contributed by atoms with Crippen LogP contribution in [0.5, 0.6) is 0 Å². The number of fused-ring (bicyclic) bond motifs is 1. The maximum absolute atomic E-state index is 12.4. The molecule has 4 rings (SSSR count). The number of ether oxygens (including phenoxy) is 1. The van der Waals surface area contributed by atoms with Gasteiger partial charge in [-0.05, 0) is 58.8 Å². The van der Waals surface area contributed by atoms with Gasteiger partial charge < -0.3 is 25.6 Å². The number of piperazine rings is 1. The Bertz CT molecular complexity index is 1060. The van der Waals surface area contributed by atoms with E-state index >= 15 is 0 Å². The minimum absolute atomic E-state index is 0.266. The molecule has 0 radical (unpaired) electrons. The molecule has 182 valence electrons. The second kappa shape index (κ2) is 10.4. The highest BCUT2D eigenvalue weighted by Crippen LogP contribution is 2.27. The molecule has 9 nitrogen and oxygen atoms in total. The number of anilines is 1. The van der Waals surface area contributed by atoms with Crippen LogP contribution in [0.25, 0.3) is 16.6 Å². The van der Waals surface area contributed by atoms with Gasteiger partial charge in [-0.15, -0.1) is 0 Å². The van der Waals surface area contributed by atoms with E-state index in [1.807, 2.05) is 39.1 Å². The number of para-hydroxylation sites is 1. The first-order chi connectivity index (χ1) is 16.3. The lowest BCUT2D eigenvalue weighted by Gasteiger charge is -2.37. The molecule has 1 aromatic heterocycles. The van der Waals surface area contributed by atoms with E-state index in [0.717, 1.165) is 48.2 Å². The number of carbonyl (C=O) groups excluding carboxylic acids is 1. The number of amides is 1. The van der Waals surface area contributed by atoms with Crippen LogP contribution in [-0.4, -0.2) is 78.1 Å². The summed E-state index contributed by atoms with van der Waals surface area (Å²) < 4.78 is 5.52. The van der Waals surface area contributed by atoms with Crippen molar-refractivity contribution in [3.8, 4) is 0 Å². The monoisotopic (exact) mass is 465 g/mol. The van der Waals surface area contributed by atoms with Crippen LogP contribution in [0.3, 0.4) is 0 Å². The number of allylic oxidation sites excluding steroid dienone is 1. The number of aromatic nitrogens is 2. The summed E-state index contributed by atoms with van der Waals surface area (Å²) in [6.07, 6.45) is 6.91. The average Bonchev–Trinajstić information content (AvgIpc) is 2.84. The van der Waals surface area contributed by atoms with Crippen molar-refractivity contribution in [1.29, 1.82) is 0 Å². The summed E-state index contributed by atoms with van der Waals surface area (Å²) in [5, 5.41) is 3.36. The molecule has 0 bridgehead atoms. The Kier molecular flexibility index (Phi) is 7.31. The van der Waals surface area contributed by atoms with Crippen LogP contribution in [-0.2, 0) is 4.74 Å². The van der Waals surface area contributed by atoms with Gasteiger partial charge in [0.2, 0.25) is 0 Å². The quantitative estimate of drug-likeness (QED) is 0.668. The second-order valence-electron chi connectivity index (χ2n) is 9.74. The highest BCUT2D eigenvalue weighted by Gasteiger charge is 2.26. The molecule has 0 atom stereocenters. The van der Waals surface area contributed by atoms with E-state index in [1.54, 1.807) is 17.3 Å². The summed E-state index contributed by atoms with van der Waals surface area (Å²) >= 11 is 0. The summed E-state index contributed by atoms with van der Waals surface area (Å²) in [4.78, 5) is 30.7. The van der Waals surface area contributed by atoms with Crippen molar-refractivity contribution in [1.82, 2.24) is 20.2 Å². The maximum Gasteiger partial charge on any atom is 0.410 e. The summed E-state index contributed by atoms with van der Waals surface area (Å²) in [7, 11) is 0. The van der Waals surface area contributed by atoms with Crippen LogP contribution in [0, 0.1) is 0 Å². The molecule has 9 heteroatoms. The summed E-state index contributed by atoms with van der Waals surface area (Å²) in [5.41, 5.74) is 9.55.